The van der Waals surface area contributed by atoms with Crippen LogP contribution in [-0.4, -0.2) is 23.7 Å². The van der Waals surface area contributed by atoms with Crippen molar-refractivity contribution in [3.05, 3.63) is 35.9 Å². The maximum Gasteiger partial charge on any atom is 0.245 e. The summed E-state index contributed by atoms with van der Waals surface area (Å²) in [4.78, 5) is 11.1. The molecule has 0 aliphatic carbocycles. The van der Waals surface area contributed by atoms with E-state index >= 15 is 0 Å². The first-order valence-corrected chi connectivity index (χ1v) is 5.44. The highest BCUT2D eigenvalue weighted by atomic mass is 16.3. The number of carbonyl (C=O) groups is 1. The molecule has 1 aromatic carbocycles. The number of hydrogen-bond acceptors (Lipinski definition) is 2. The summed E-state index contributed by atoms with van der Waals surface area (Å²) in [5, 5.41) is 11.5. The van der Waals surface area contributed by atoms with Gasteiger partial charge in [-0.1, -0.05) is 44.2 Å². The lowest BCUT2D eigenvalue weighted by atomic mass is 9.78. The minimum Gasteiger partial charge on any atom is -0.387 e. The Morgan fingerprint density at radius 2 is 1.94 bits per heavy atom. The van der Waals surface area contributed by atoms with E-state index in [0.717, 1.165) is 0 Å². The number of nitrogens with one attached hydrogen (secondary N) is 1. The van der Waals surface area contributed by atoms with Gasteiger partial charge in [0.2, 0.25) is 5.91 Å². The fourth-order valence-corrected chi connectivity index (χ4v) is 1.59. The molecule has 1 aromatic rings. The zero-order valence-electron chi connectivity index (χ0n) is 10.0. The normalized spacial score (nSPS) is 13.2. The SMILES string of the molecule is CC(NC(=O)CO)C(C)(C)c1ccccc1. The molecule has 3 heteroatoms. The molecule has 0 saturated heterocycles. The molecule has 0 heterocycles. The second kappa shape index (κ2) is 5.12. The largest absolute Gasteiger partial charge is 0.387 e. The van der Waals surface area contributed by atoms with Crippen LogP contribution in [0.3, 0.4) is 0 Å². The Bertz CT molecular complexity index is 346. The number of aliphatic hydroxyl groups excluding tert-OH is 1. The first-order chi connectivity index (χ1) is 7.48. The van der Waals surface area contributed by atoms with Crippen LogP contribution in [0.25, 0.3) is 0 Å². The third kappa shape index (κ3) is 2.83. The Morgan fingerprint density at radius 3 is 2.44 bits per heavy atom. The van der Waals surface area contributed by atoms with Gasteiger partial charge in [0.15, 0.2) is 0 Å². The summed E-state index contributed by atoms with van der Waals surface area (Å²) in [6, 6.07) is 9.99. The number of benzene rings is 1. The summed E-state index contributed by atoms with van der Waals surface area (Å²) in [6.07, 6.45) is 0. The van der Waals surface area contributed by atoms with Crippen LogP contribution in [-0.2, 0) is 10.2 Å². The third-order valence-electron chi connectivity index (χ3n) is 3.12. The molecule has 0 bridgehead atoms. The van der Waals surface area contributed by atoms with Gasteiger partial charge in [0.25, 0.3) is 0 Å². The highest BCUT2D eigenvalue weighted by Crippen LogP contribution is 2.26. The second-order valence-electron chi connectivity index (χ2n) is 4.54. The van der Waals surface area contributed by atoms with Crippen molar-refractivity contribution in [2.75, 3.05) is 6.61 Å². The molecule has 16 heavy (non-hydrogen) atoms. The topological polar surface area (TPSA) is 49.3 Å². The molecule has 3 nitrogen and oxygen atoms in total. The number of amides is 1. The predicted molar refractivity (Wildman–Crippen MR) is 64.2 cm³/mol. The Balaban J connectivity index is 2.81. The first kappa shape index (κ1) is 12.7. The maximum absolute atomic E-state index is 11.1. The predicted octanol–water partition coefficient (Wildman–Crippen LogP) is 1.46. The van der Waals surface area contributed by atoms with Crippen molar-refractivity contribution in [3.63, 3.8) is 0 Å². The molecule has 2 N–H and O–H groups in total. The molecule has 0 fully saturated rings. The van der Waals surface area contributed by atoms with E-state index < -0.39 is 6.61 Å². The van der Waals surface area contributed by atoms with E-state index in [1.165, 1.54) is 5.56 Å². The van der Waals surface area contributed by atoms with Crippen molar-refractivity contribution in [3.8, 4) is 0 Å². The Hall–Kier alpha value is -1.35. The number of rotatable bonds is 4. The summed E-state index contributed by atoms with van der Waals surface area (Å²) < 4.78 is 0. The maximum atomic E-state index is 11.1. The van der Waals surface area contributed by atoms with Crippen molar-refractivity contribution in [1.82, 2.24) is 5.32 Å². The summed E-state index contributed by atoms with van der Waals surface area (Å²) in [6.45, 7) is 5.63. The van der Waals surface area contributed by atoms with E-state index in [-0.39, 0.29) is 17.4 Å². The van der Waals surface area contributed by atoms with Gasteiger partial charge < -0.3 is 10.4 Å². The first-order valence-electron chi connectivity index (χ1n) is 5.44. The molecule has 0 aliphatic heterocycles. The van der Waals surface area contributed by atoms with Gasteiger partial charge in [-0.25, -0.2) is 0 Å². The fraction of sp³-hybridized carbons (Fsp3) is 0.462. The standard InChI is InChI=1S/C13H19NO2/c1-10(14-12(16)9-15)13(2,3)11-7-5-4-6-8-11/h4-8,10,15H,9H2,1-3H3,(H,14,16). The van der Waals surface area contributed by atoms with Gasteiger partial charge in [-0.15, -0.1) is 0 Å². The van der Waals surface area contributed by atoms with Crippen molar-refractivity contribution >= 4 is 5.91 Å². The van der Waals surface area contributed by atoms with Crippen LogP contribution in [0.4, 0.5) is 0 Å². The average Bonchev–Trinajstić information content (AvgIpc) is 2.29. The molecular formula is C13H19NO2. The smallest absolute Gasteiger partial charge is 0.245 e. The van der Waals surface area contributed by atoms with Crippen LogP contribution < -0.4 is 5.32 Å². The van der Waals surface area contributed by atoms with E-state index in [1.807, 2.05) is 37.3 Å². The lowest BCUT2D eigenvalue weighted by Gasteiger charge is -2.32. The summed E-state index contributed by atoms with van der Waals surface area (Å²) in [5.74, 6) is -0.337. The third-order valence-corrected chi connectivity index (χ3v) is 3.12. The van der Waals surface area contributed by atoms with Crippen molar-refractivity contribution in [1.29, 1.82) is 0 Å². The summed E-state index contributed by atoms with van der Waals surface area (Å²) in [5.41, 5.74) is 1.01. The minimum atomic E-state index is -0.463. The molecule has 0 aliphatic rings. The van der Waals surface area contributed by atoms with Gasteiger partial charge in [0, 0.05) is 11.5 Å². The molecular weight excluding hydrogens is 202 g/mol. The number of hydrogen-bond donors (Lipinski definition) is 2. The zero-order chi connectivity index (χ0) is 12.2. The molecule has 0 spiro atoms. The molecule has 1 atom stereocenters. The monoisotopic (exact) mass is 221 g/mol. The van der Waals surface area contributed by atoms with Crippen LogP contribution in [0.2, 0.25) is 0 Å². The molecule has 88 valence electrons. The van der Waals surface area contributed by atoms with Crippen molar-refractivity contribution < 1.29 is 9.90 Å². The number of aliphatic hydroxyl groups is 1. The van der Waals surface area contributed by atoms with Crippen LogP contribution in [0.15, 0.2) is 30.3 Å². The van der Waals surface area contributed by atoms with Gasteiger partial charge in [0.1, 0.15) is 6.61 Å². The van der Waals surface area contributed by atoms with E-state index in [0.29, 0.717) is 0 Å². The lowest BCUT2D eigenvalue weighted by Crippen LogP contribution is -2.46. The van der Waals surface area contributed by atoms with Crippen molar-refractivity contribution in [2.45, 2.75) is 32.2 Å². The molecule has 1 unspecified atom stereocenters. The summed E-state index contributed by atoms with van der Waals surface area (Å²) >= 11 is 0. The Labute approximate surface area is 96.5 Å². The number of carbonyl (C=O) groups excluding carboxylic acids is 1. The van der Waals surface area contributed by atoms with Crippen LogP contribution in [0, 0.1) is 0 Å². The molecule has 0 radical (unpaired) electrons. The van der Waals surface area contributed by atoms with E-state index in [1.54, 1.807) is 0 Å². The van der Waals surface area contributed by atoms with E-state index in [2.05, 4.69) is 19.2 Å². The molecule has 1 rings (SSSR count). The van der Waals surface area contributed by atoms with E-state index in [4.69, 9.17) is 5.11 Å². The van der Waals surface area contributed by atoms with Crippen molar-refractivity contribution in [2.24, 2.45) is 0 Å². The minimum absolute atomic E-state index is 0.0328. The van der Waals surface area contributed by atoms with Gasteiger partial charge in [-0.3, -0.25) is 4.79 Å². The van der Waals surface area contributed by atoms with Gasteiger partial charge in [-0.2, -0.15) is 0 Å². The van der Waals surface area contributed by atoms with Crippen LogP contribution in [0.1, 0.15) is 26.3 Å². The quantitative estimate of drug-likeness (QED) is 0.808. The average molecular weight is 221 g/mol. The highest BCUT2D eigenvalue weighted by Gasteiger charge is 2.28. The second-order valence-corrected chi connectivity index (χ2v) is 4.54. The summed E-state index contributed by atoms with van der Waals surface area (Å²) in [7, 11) is 0. The fourth-order valence-electron chi connectivity index (χ4n) is 1.59. The molecule has 1 amide bonds. The molecule has 0 saturated carbocycles. The van der Waals surface area contributed by atoms with Crippen LogP contribution >= 0.6 is 0 Å². The Morgan fingerprint density at radius 1 is 1.38 bits per heavy atom. The van der Waals surface area contributed by atoms with Gasteiger partial charge in [0.05, 0.1) is 0 Å². The van der Waals surface area contributed by atoms with E-state index in [9.17, 15) is 4.79 Å². The lowest BCUT2D eigenvalue weighted by molar-refractivity contribution is -0.124. The van der Waals surface area contributed by atoms with Gasteiger partial charge in [-0.05, 0) is 12.5 Å². The van der Waals surface area contributed by atoms with Gasteiger partial charge >= 0.3 is 0 Å². The molecule has 0 aromatic heterocycles. The zero-order valence-corrected chi connectivity index (χ0v) is 10.0. The highest BCUT2D eigenvalue weighted by molar-refractivity contribution is 5.77. The van der Waals surface area contributed by atoms with Crippen LogP contribution in [0.5, 0.6) is 0 Å². The Kier molecular flexibility index (Phi) is 4.07.